The van der Waals surface area contributed by atoms with Crippen LogP contribution in [0.25, 0.3) is 17.0 Å². The molecule has 0 saturated carbocycles. The highest BCUT2D eigenvalue weighted by Crippen LogP contribution is 2.20. The summed E-state index contributed by atoms with van der Waals surface area (Å²) in [5, 5.41) is 7.93. The third kappa shape index (κ3) is 7.86. The summed E-state index contributed by atoms with van der Waals surface area (Å²) in [6.45, 7) is 8.51. The van der Waals surface area contributed by atoms with Gasteiger partial charge >= 0.3 is 5.97 Å². The Morgan fingerprint density at radius 2 is 1.85 bits per heavy atom. The Kier molecular flexibility index (Phi) is 10.7. The van der Waals surface area contributed by atoms with Crippen LogP contribution in [0.3, 0.4) is 0 Å². The number of nitrogens with one attached hydrogen (secondary N) is 3. The van der Waals surface area contributed by atoms with Crippen LogP contribution in [-0.2, 0) is 28.7 Å². The van der Waals surface area contributed by atoms with Gasteiger partial charge in [0.25, 0.3) is 11.8 Å². The molecule has 0 unspecified atom stereocenters. The summed E-state index contributed by atoms with van der Waals surface area (Å²) in [5.74, 6) is -1.96. The van der Waals surface area contributed by atoms with Gasteiger partial charge in [-0.1, -0.05) is 30.4 Å². The molecule has 5 atom stereocenters. The zero-order chi connectivity index (χ0) is 29.4. The molecule has 11 nitrogen and oxygen atoms in total. The van der Waals surface area contributed by atoms with E-state index in [1.165, 1.54) is 26.0 Å². The average molecular weight is 554 g/mol. The van der Waals surface area contributed by atoms with E-state index in [9.17, 15) is 19.2 Å². The number of carbonyl (C=O) groups is 4. The number of allylic oxidation sites excluding steroid dienone is 1. The molecule has 3 N–H and O–H groups in total. The van der Waals surface area contributed by atoms with Crippen molar-refractivity contribution in [2.45, 2.75) is 77.8 Å². The summed E-state index contributed by atoms with van der Waals surface area (Å²) in [4.78, 5) is 55.1. The van der Waals surface area contributed by atoms with Gasteiger partial charge in [0.2, 0.25) is 12.0 Å². The minimum atomic E-state index is -1.20. The molecule has 11 heteroatoms. The quantitative estimate of drug-likeness (QED) is 0.381. The van der Waals surface area contributed by atoms with E-state index in [0.717, 1.165) is 22.2 Å². The largest absolute Gasteiger partial charge is 0.450 e. The predicted octanol–water partition coefficient (Wildman–Crippen LogP) is 2.41. The SMILES string of the molecule is C/C=C/c1ccc2ccc([C@@H](C)NC(=O)[C@@H]3CCCN(C(=O)[C@H](C)NC(=O)[C@@H](OC(C)=O)[C@@H](C)OC)N3)nc2c1. The second-order valence-electron chi connectivity index (χ2n) is 9.93. The number of fused-ring (bicyclic) bond motifs is 1. The van der Waals surface area contributed by atoms with Gasteiger partial charge < -0.3 is 20.1 Å². The summed E-state index contributed by atoms with van der Waals surface area (Å²) < 4.78 is 10.2. The Bertz CT molecular complexity index is 1260. The van der Waals surface area contributed by atoms with E-state index in [0.29, 0.717) is 19.4 Å². The Morgan fingerprint density at radius 3 is 2.52 bits per heavy atom. The first-order valence-electron chi connectivity index (χ1n) is 13.5. The molecule has 1 aliphatic heterocycles. The first-order chi connectivity index (χ1) is 19.0. The lowest BCUT2D eigenvalue weighted by atomic mass is 10.1. The molecule has 3 amide bonds. The fourth-order valence-electron chi connectivity index (χ4n) is 4.47. The molecule has 0 aliphatic carbocycles. The number of pyridine rings is 1. The molecule has 0 spiro atoms. The number of hydrogen-bond acceptors (Lipinski definition) is 8. The van der Waals surface area contributed by atoms with E-state index in [-0.39, 0.29) is 11.9 Å². The minimum Gasteiger partial charge on any atom is -0.450 e. The summed E-state index contributed by atoms with van der Waals surface area (Å²) in [6, 6.07) is 8.00. The highest BCUT2D eigenvalue weighted by molar-refractivity contribution is 5.90. The third-order valence-electron chi connectivity index (χ3n) is 6.75. The van der Waals surface area contributed by atoms with E-state index in [2.05, 4.69) is 16.1 Å². The van der Waals surface area contributed by atoms with Crippen molar-refractivity contribution in [2.75, 3.05) is 13.7 Å². The van der Waals surface area contributed by atoms with Crippen molar-refractivity contribution in [3.63, 3.8) is 0 Å². The first kappa shape index (κ1) is 30.7. The van der Waals surface area contributed by atoms with Crippen LogP contribution >= 0.6 is 0 Å². The topological polar surface area (TPSA) is 139 Å². The number of aromatic nitrogens is 1. The fourth-order valence-corrected chi connectivity index (χ4v) is 4.47. The van der Waals surface area contributed by atoms with E-state index >= 15 is 0 Å². The number of methoxy groups -OCH3 is 1. The van der Waals surface area contributed by atoms with Crippen LogP contribution in [0.2, 0.25) is 0 Å². The lowest BCUT2D eigenvalue weighted by Gasteiger charge is -2.35. The molecule has 0 radical (unpaired) electrons. The van der Waals surface area contributed by atoms with Crippen molar-refractivity contribution < 1.29 is 28.7 Å². The zero-order valence-corrected chi connectivity index (χ0v) is 23.9. The van der Waals surface area contributed by atoms with Crippen molar-refractivity contribution in [1.29, 1.82) is 0 Å². The van der Waals surface area contributed by atoms with E-state index in [1.54, 1.807) is 6.92 Å². The van der Waals surface area contributed by atoms with Crippen LogP contribution in [-0.4, -0.2) is 71.6 Å². The van der Waals surface area contributed by atoms with Crippen LogP contribution < -0.4 is 16.1 Å². The van der Waals surface area contributed by atoms with Gasteiger partial charge in [-0.25, -0.2) is 5.43 Å². The molecule has 1 aromatic carbocycles. The molecule has 2 heterocycles. The van der Waals surface area contributed by atoms with Gasteiger partial charge in [0.1, 0.15) is 18.2 Å². The van der Waals surface area contributed by atoms with Gasteiger partial charge in [0.15, 0.2) is 0 Å². The molecular weight excluding hydrogens is 514 g/mol. The number of rotatable bonds is 10. The molecule has 3 rings (SSSR count). The normalized spacial score (nSPS) is 18.6. The zero-order valence-electron chi connectivity index (χ0n) is 23.9. The molecule has 1 aliphatic rings. The predicted molar refractivity (Wildman–Crippen MR) is 151 cm³/mol. The van der Waals surface area contributed by atoms with Crippen molar-refractivity contribution in [1.82, 2.24) is 26.1 Å². The molecule has 1 aromatic heterocycles. The maximum atomic E-state index is 13.1. The van der Waals surface area contributed by atoms with Crippen LogP contribution in [0, 0.1) is 0 Å². The smallest absolute Gasteiger partial charge is 0.303 e. The summed E-state index contributed by atoms with van der Waals surface area (Å²) >= 11 is 0. The number of carbonyl (C=O) groups excluding carboxylic acids is 4. The number of hydrogen-bond donors (Lipinski definition) is 3. The molecular formula is C29H39N5O6. The number of amides is 3. The van der Waals surface area contributed by atoms with Crippen LogP contribution in [0.5, 0.6) is 0 Å². The molecule has 216 valence electrons. The summed E-state index contributed by atoms with van der Waals surface area (Å²) in [7, 11) is 1.39. The van der Waals surface area contributed by atoms with Crippen LogP contribution in [0.4, 0.5) is 0 Å². The van der Waals surface area contributed by atoms with Crippen molar-refractivity contribution in [3.05, 3.63) is 47.7 Å². The molecule has 1 fully saturated rings. The maximum absolute atomic E-state index is 13.1. The fraction of sp³-hybridized carbons (Fsp3) is 0.483. The van der Waals surface area contributed by atoms with Gasteiger partial charge in [-0.2, -0.15) is 0 Å². The van der Waals surface area contributed by atoms with E-state index in [1.807, 2.05) is 56.3 Å². The van der Waals surface area contributed by atoms with Gasteiger partial charge in [-0.15, -0.1) is 0 Å². The molecule has 40 heavy (non-hydrogen) atoms. The molecule has 0 bridgehead atoms. The van der Waals surface area contributed by atoms with Crippen LogP contribution in [0.15, 0.2) is 36.4 Å². The Balaban J connectivity index is 1.61. The highest BCUT2D eigenvalue weighted by Gasteiger charge is 2.34. The minimum absolute atomic E-state index is 0.255. The number of benzene rings is 1. The van der Waals surface area contributed by atoms with Crippen molar-refractivity contribution in [3.8, 4) is 0 Å². The number of hydrazine groups is 1. The maximum Gasteiger partial charge on any atom is 0.303 e. The van der Waals surface area contributed by atoms with Gasteiger partial charge in [0, 0.05) is 26.0 Å². The molecule has 2 aromatic rings. The van der Waals surface area contributed by atoms with E-state index < -0.39 is 42.1 Å². The molecule has 1 saturated heterocycles. The average Bonchev–Trinajstić information content (AvgIpc) is 2.94. The first-order valence-corrected chi connectivity index (χ1v) is 13.5. The van der Waals surface area contributed by atoms with E-state index in [4.69, 9.17) is 14.5 Å². The lowest BCUT2D eigenvalue weighted by Crippen LogP contribution is -2.61. The van der Waals surface area contributed by atoms with Gasteiger partial charge in [-0.05, 0) is 58.2 Å². The standard InChI is InChI=1S/C29H39N5O6/c1-7-9-21-11-12-22-13-14-23(32-25(22)16-21)17(2)30-27(36)24-10-8-15-34(33-24)29(38)18(3)31-28(37)26(19(4)39-6)40-20(5)35/h7,9,11-14,16-19,24,26,33H,8,10,15H2,1-6H3,(H,30,36)(H,31,37)/b9-7+/t17-,18+,19-,24+,26+/m1/s1. The van der Waals surface area contributed by atoms with Crippen LogP contribution in [0.1, 0.15) is 64.8 Å². The summed E-state index contributed by atoms with van der Waals surface area (Å²) in [6.07, 6.45) is 3.21. The van der Waals surface area contributed by atoms with Gasteiger partial charge in [-0.3, -0.25) is 29.2 Å². The Morgan fingerprint density at radius 1 is 1.12 bits per heavy atom. The number of ether oxygens (including phenoxy) is 2. The monoisotopic (exact) mass is 553 g/mol. The Labute approximate surface area is 234 Å². The highest BCUT2D eigenvalue weighted by atomic mass is 16.6. The van der Waals surface area contributed by atoms with Crippen molar-refractivity contribution >= 4 is 40.7 Å². The number of esters is 1. The Hall–Kier alpha value is -3.83. The number of nitrogens with zero attached hydrogens (tertiary/aromatic N) is 2. The van der Waals surface area contributed by atoms with Gasteiger partial charge in [0.05, 0.1) is 17.3 Å². The van der Waals surface area contributed by atoms with Crippen molar-refractivity contribution in [2.24, 2.45) is 0 Å². The lowest BCUT2D eigenvalue weighted by molar-refractivity contribution is -0.162. The summed E-state index contributed by atoms with van der Waals surface area (Å²) in [5.41, 5.74) is 5.61. The second kappa shape index (κ2) is 14.0. The third-order valence-corrected chi connectivity index (χ3v) is 6.75. The second-order valence-corrected chi connectivity index (χ2v) is 9.93.